The van der Waals surface area contributed by atoms with Gasteiger partial charge in [0.05, 0.1) is 21.9 Å². The predicted molar refractivity (Wildman–Crippen MR) is 156 cm³/mol. The van der Waals surface area contributed by atoms with Gasteiger partial charge in [-0.25, -0.2) is 4.98 Å². The molecule has 0 atom stereocenters. The highest BCUT2D eigenvalue weighted by Crippen LogP contribution is 2.30. The van der Waals surface area contributed by atoms with Crippen LogP contribution >= 0.6 is 11.6 Å². The van der Waals surface area contributed by atoms with Gasteiger partial charge in [0, 0.05) is 54.6 Å². The fraction of sp³-hybridized carbons (Fsp3) is 0.310. The van der Waals surface area contributed by atoms with E-state index < -0.39 is 0 Å². The largest absolute Gasteiger partial charge is 0.373 e. The first-order valence-corrected chi connectivity index (χ1v) is 12.7. The SMILES string of the molecule is C=C(CCCC)N1CCN(C)CC1.C=Cc1ccc2c(Cl)cc(-c3ccc(NN)c(C=N)c3)nc2c1. The van der Waals surface area contributed by atoms with E-state index in [1.54, 1.807) is 6.08 Å². The van der Waals surface area contributed by atoms with E-state index in [2.05, 4.69) is 47.3 Å². The van der Waals surface area contributed by atoms with E-state index in [4.69, 9.17) is 22.9 Å². The van der Waals surface area contributed by atoms with E-state index in [1.807, 2.05) is 42.5 Å². The zero-order valence-electron chi connectivity index (χ0n) is 21.4. The molecule has 7 heteroatoms. The van der Waals surface area contributed by atoms with Crippen molar-refractivity contribution in [1.82, 2.24) is 14.8 Å². The maximum Gasteiger partial charge on any atom is 0.0730 e. The van der Waals surface area contributed by atoms with Crippen molar-refractivity contribution in [3.8, 4) is 11.3 Å². The number of halogens is 1. The van der Waals surface area contributed by atoms with Gasteiger partial charge in [-0.05, 0) is 49.7 Å². The summed E-state index contributed by atoms with van der Waals surface area (Å²) in [5.41, 5.74) is 8.69. The zero-order valence-corrected chi connectivity index (χ0v) is 22.1. The van der Waals surface area contributed by atoms with Gasteiger partial charge in [0.25, 0.3) is 0 Å². The molecule has 0 radical (unpaired) electrons. The normalized spacial score (nSPS) is 13.6. The summed E-state index contributed by atoms with van der Waals surface area (Å²) in [5.74, 6) is 5.45. The first kappa shape index (κ1) is 27.4. The van der Waals surface area contributed by atoms with Gasteiger partial charge in [0.1, 0.15) is 0 Å². The third-order valence-corrected chi connectivity index (χ3v) is 6.76. The van der Waals surface area contributed by atoms with Crippen LogP contribution in [0, 0.1) is 5.41 Å². The summed E-state index contributed by atoms with van der Waals surface area (Å²) >= 11 is 6.40. The van der Waals surface area contributed by atoms with Crippen molar-refractivity contribution >= 4 is 40.5 Å². The first-order chi connectivity index (χ1) is 17.4. The van der Waals surface area contributed by atoms with Crippen molar-refractivity contribution in [2.24, 2.45) is 5.84 Å². The van der Waals surface area contributed by atoms with Gasteiger partial charge < -0.3 is 20.6 Å². The fourth-order valence-corrected chi connectivity index (χ4v) is 4.38. The molecule has 0 saturated carbocycles. The quantitative estimate of drug-likeness (QED) is 0.187. The van der Waals surface area contributed by atoms with Crippen molar-refractivity contribution < 1.29 is 0 Å². The number of allylic oxidation sites excluding steroid dienone is 1. The highest BCUT2D eigenvalue weighted by molar-refractivity contribution is 6.35. The monoisotopic (exact) mass is 504 g/mol. The summed E-state index contributed by atoms with van der Waals surface area (Å²) in [4.78, 5) is 9.51. The molecule has 190 valence electrons. The van der Waals surface area contributed by atoms with Crippen LogP contribution in [0.1, 0.15) is 37.3 Å². The third-order valence-electron chi connectivity index (χ3n) is 6.45. The Morgan fingerprint density at radius 3 is 2.56 bits per heavy atom. The van der Waals surface area contributed by atoms with Crippen LogP contribution in [-0.4, -0.2) is 54.2 Å². The molecular formula is C29H37ClN6. The van der Waals surface area contributed by atoms with Gasteiger partial charge in [-0.2, -0.15) is 0 Å². The Bertz CT molecular complexity index is 1210. The highest BCUT2D eigenvalue weighted by atomic mass is 35.5. The number of piperazine rings is 1. The van der Waals surface area contributed by atoms with Crippen LogP contribution in [0.2, 0.25) is 5.02 Å². The number of nitrogen functional groups attached to an aromatic ring is 1. The predicted octanol–water partition coefficient (Wildman–Crippen LogP) is 6.42. The lowest BCUT2D eigenvalue weighted by Gasteiger charge is -2.35. The topological polar surface area (TPSA) is 81.3 Å². The van der Waals surface area contributed by atoms with Crippen molar-refractivity contribution in [3.63, 3.8) is 0 Å². The number of fused-ring (bicyclic) bond motifs is 1. The van der Waals surface area contributed by atoms with Crippen molar-refractivity contribution in [2.75, 3.05) is 38.7 Å². The molecule has 1 aliphatic rings. The number of hydrogen-bond donors (Lipinski definition) is 3. The van der Waals surface area contributed by atoms with Crippen LogP contribution in [0.4, 0.5) is 5.69 Å². The lowest BCUT2D eigenvalue weighted by Crippen LogP contribution is -2.43. The van der Waals surface area contributed by atoms with Gasteiger partial charge in [0.2, 0.25) is 0 Å². The van der Waals surface area contributed by atoms with Gasteiger partial charge in [-0.3, -0.25) is 5.84 Å². The number of anilines is 1. The molecule has 3 aromatic rings. The van der Waals surface area contributed by atoms with Crippen LogP contribution in [0.25, 0.3) is 28.2 Å². The first-order valence-electron chi connectivity index (χ1n) is 12.4. The molecule has 0 bridgehead atoms. The lowest BCUT2D eigenvalue weighted by atomic mass is 10.0. The number of unbranched alkanes of at least 4 members (excludes halogenated alkanes) is 1. The van der Waals surface area contributed by atoms with Crippen LogP contribution in [0.5, 0.6) is 0 Å². The number of benzene rings is 2. The van der Waals surface area contributed by atoms with E-state index in [0.717, 1.165) is 27.7 Å². The molecule has 0 unspecified atom stereocenters. The molecule has 0 spiro atoms. The summed E-state index contributed by atoms with van der Waals surface area (Å²) in [5, 5.41) is 9.03. The summed E-state index contributed by atoms with van der Waals surface area (Å²) in [6, 6.07) is 13.2. The minimum atomic E-state index is 0.637. The van der Waals surface area contributed by atoms with Crippen LogP contribution < -0.4 is 11.3 Å². The minimum absolute atomic E-state index is 0.637. The molecule has 4 rings (SSSR count). The van der Waals surface area contributed by atoms with Gasteiger partial charge in [-0.15, -0.1) is 0 Å². The number of nitrogens with one attached hydrogen (secondary N) is 2. The van der Waals surface area contributed by atoms with Crippen LogP contribution in [0.15, 0.2) is 61.3 Å². The zero-order chi connectivity index (χ0) is 26.1. The fourth-order valence-electron chi connectivity index (χ4n) is 4.11. The molecule has 4 N–H and O–H groups in total. The molecule has 1 fully saturated rings. The molecule has 2 heterocycles. The summed E-state index contributed by atoms with van der Waals surface area (Å²) in [7, 11) is 2.19. The van der Waals surface area contributed by atoms with Crippen LogP contribution in [-0.2, 0) is 0 Å². The van der Waals surface area contributed by atoms with E-state index in [0.29, 0.717) is 16.3 Å². The van der Waals surface area contributed by atoms with Gasteiger partial charge in [-0.1, -0.05) is 62.4 Å². The number of hydrogen-bond acceptors (Lipinski definition) is 6. The molecule has 0 aliphatic carbocycles. The van der Waals surface area contributed by atoms with Crippen LogP contribution in [0.3, 0.4) is 0 Å². The van der Waals surface area contributed by atoms with Crippen molar-refractivity contribution in [2.45, 2.75) is 26.2 Å². The maximum atomic E-state index is 7.50. The maximum absolute atomic E-state index is 7.50. The van der Waals surface area contributed by atoms with Gasteiger partial charge >= 0.3 is 0 Å². The number of nitrogens with zero attached hydrogens (tertiary/aromatic N) is 3. The third kappa shape index (κ3) is 6.94. The average molecular weight is 505 g/mol. The second-order valence-electron chi connectivity index (χ2n) is 9.02. The number of hydrazine groups is 1. The van der Waals surface area contributed by atoms with Crippen molar-refractivity contribution in [3.05, 3.63) is 77.5 Å². The number of aromatic nitrogens is 1. The summed E-state index contributed by atoms with van der Waals surface area (Å²) in [6.07, 6.45) is 6.76. The van der Waals surface area contributed by atoms with E-state index in [9.17, 15) is 0 Å². The molecule has 36 heavy (non-hydrogen) atoms. The average Bonchev–Trinajstić information content (AvgIpc) is 2.91. The standard InChI is InChI=1S/C18H15ClN4.C11H22N2/c1-2-11-3-5-14-15(19)9-17(22-18(14)7-11)12-4-6-16(23-21)13(8-12)10-20;1-4-5-6-11(2)13-9-7-12(3)8-10-13/h2-10,20,23H,1,21H2;2,4-10H2,1,3H3. The number of likely N-dealkylation sites (N-methyl/N-ethyl adjacent to an activating group) is 1. The van der Waals surface area contributed by atoms with Gasteiger partial charge in [0.15, 0.2) is 0 Å². The Kier molecular flexibility index (Phi) is 10.1. The molecule has 1 aromatic heterocycles. The van der Waals surface area contributed by atoms with E-state index in [-0.39, 0.29) is 0 Å². The lowest BCUT2D eigenvalue weighted by molar-refractivity contribution is 0.182. The molecule has 6 nitrogen and oxygen atoms in total. The smallest absolute Gasteiger partial charge is 0.0730 e. The highest BCUT2D eigenvalue weighted by Gasteiger charge is 2.14. The number of pyridine rings is 1. The number of nitrogens with two attached hydrogens (primary N) is 1. The summed E-state index contributed by atoms with van der Waals surface area (Å²) < 4.78 is 0. The molecule has 0 amide bonds. The Morgan fingerprint density at radius 2 is 1.92 bits per heavy atom. The minimum Gasteiger partial charge on any atom is -0.373 e. The number of rotatable bonds is 8. The molecule has 1 saturated heterocycles. The molecule has 1 aliphatic heterocycles. The Balaban J connectivity index is 0.000000236. The Morgan fingerprint density at radius 1 is 1.17 bits per heavy atom. The molecular weight excluding hydrogens is 468 g/mol. The van der Waals surface area contributed by atoms with E-state index >= 15 is 0 Å². The second kappa shape index (κ2) is 13.2. The van der Waals surface area contributed by atoms with E-state index in [1.165, 1.54) is 57.4 Å². The van der Waals surface area contributed by atoms with Crippen molar-refractivity contribution in [1.29, 1.82) is 5.41 Å². The Labute approximate surface area is 219 Å². The molecule has 2 aromatic carbocycles. The second-order valence-corrected chi connectivity index (χ2v) is 9.43. The summed E-state index contributed by atoms with van der Waals surface area (Å²) in [6.45, 7) is 14.9. The Hall–Kier alpha value is -3.19.